The minimum atomic E-state index is -1.57. The smallest absolute Gasteiger partial charge is 0.278 e. The molecule has 152 valence electrons. The Bertz CT molecular complexity index is 670. The average Bonchev–Trinajstić information content (AvgIpc) is 3.22. The maximum Gasteiger partial charge on any atom is 0.278 e. The molecule has 7 atom stereocenters. The van der Waals surface area contributed by atoms with Crippen molar-refractivity contribution in [2.45, 2.75) is 83.9 Å². The Morgan fingerprint density at radius 2 is 2.04 bits per heavy atom. The molecule has 0 bridgehead atoms. The third kappa shape index (κ3) is 2.81. The molecule has 2 aliphatic carbocycles. The van der Waals surface area contributed by atoms with Gasteiger partial charge in [0.1, 0.15) is 5.60 Å². The highest BCUT2D eigenvalue weighted by molar-refractivity contribution is 5.17. The minimum absolute atomic E-state index is 0.0798. The minimum Gasteiger partial charge on any atom is -0.472 e. The standard InChI is InChI=1S/C22H34O5/c1-15-12-18(23)20(3)17(19(15,2)10-7-16-8-11-25-13-16)6-5-9-22(20)14-26-21(4,24)27-22/h8,11,13,15,17-18,23-24H,5-7,9-10,12,14H2,1-4H3/t15-,17-,18+,19+,20+,21-,22+/m1/s1. The van der Waals surface area contributed by atoms with Crippen molar-refractivity contribution in [1.29, 1.82) is 0 Å². The Labute approximate surface area is 162 Å². The lowest BCUT2D eigenvalue weighted by Gasteiger charge is -2.65. The molecule has 5 heteroatoms. The summed E-state index contributed by atoms with van der Waals surface area (Å²) in [4.78, 5) is 0. The van der Waals surface area contributed by atoms with Gasteiger partial charge in [-0.05, 0) is 61.0 Å². The summed E-state index contributed by atoms with van der Waals surface area (Å²) in [5.74, 6) is -0.849. The largest absolute Gasteiger partial charge is 0.472 e. The molecular formula is C22H34O5. The molecule has 0 radical (unpaired) electrons. The Hall–Kier alpha value is -0.880. The summed E-state index contributed by atoms with van der Waals surface area (Å²) >= 11 is 0. The summed E-state index contributed by atoms with van der Waals surface area (Å²) in [5.41, 5.74) is 0.237. The zero-order chi connectivity index (χ0) is 19.5. The highest BCUT2D eigenvalue weighted by atomic mass is 16.9. The van der Waals surface area contributed by atoms with Gasteiger partial charge < -0.3 is 24.1 Å². The van der Waals surface area contributed by atoms with Gasteiger partial charge in [0.25, 0.3) is 5.97 Å². The van der Waals surface area contributed by atoms with E-state index in [0.717, 1.165) is 38.5 Å². The van der Waals surface area contributed by atoms with Crippen LogP contribution in [0.2, 0.25) is 0 Å². The van der Waals surface area contributed by atoms with E-state index in [1.165, 1.54) is 5.56 Å². The third-order valence-corrected chi connectivity index (χ3v) is 8.46. The molecule has 1 aromatic rings. The average molecular weight is 379 g/mol. The van der Waals surface area contributed by atoms with E-state index in [9.17, 15) is 10.2 Å². The van der Waals surface area contributed by atoms with Crippen LogP contribution in [-0.2, 0) is 15.9 Å². The Kier molecular flexibility index (Phi) is 4.54. The van der Waals surface area contributed by atoms with Crippen molar-refractivity contribution in [3.63, 3.8) is 0 Å². The van der Waals surface area contributed by atoms with E-state index in [1.54, 1.807) is 13.2 Å². The summed E-state index contributed by atoms with van der Waals surface area (Å²) in [6.45, 7) is 8.75. The number of ether oxygens (including phenoxy) is 2. The van der Waals surface area contributed by atoms with E-state index in [1.807, 2.05) is 12.3 Å². The van der Waals surface area contributed by atoms with Crippen molar-refractivity contribution in [2.75, 3.05) is 6.61 Å². The highest BCUT2D eigenvalue weighted by Gasteiger charge is 2.69. The fraction of sp³-hybridized carbons (Fsp3) is 0.818. The van der Waals surface area contributed by atoms with Crippen molar-refractivity contribution >= 4 is 0 Å². The molecule has 0 unspecified atom stereocenters. The summed E-state index contributed by atoms with van der Waals surface area (Å²) < 4.78 is 17.0. The molecule has 4 rings (SSSR count). The predicted octanol–water partition coefficient (Wildman–Crippen LogP) is 3.88. The maximum absolute atomic E-state index is 11.3. The normalized spacial score (nSPS) is 50.1. The number of aryl methyl sites for hydroxylation is 1. The second-order valence-corrected chi connectivity index (χ2v) is 9.80. The van der Waals surface area contributed by atoms with Crippen LogP contribution in [0.1, 0.15) is 65.4 Å². The molecule has 0 amide bonds. The first-order valence-corrected chi connectivity index (χ1v) is 10.4. The first-order valence-electron chi connectivity index (χ1n) is 10.4. The van der Waals surface area contributed by atoms with Crippen molar-refractivity contribution in [2.24, 2.45) is 22.7 Å². The first kappa shape index (κ1) is 19.4. The lowest BCUT2D eigenvalue weighted by molar-refractivity contribution is -0.340. The number of hydrogen-bond donors (Lipinski definition) is 2. The molecule has 1 spiro atoms. The SMILES string of the molecule is C[C@@H]1C[C@H](O)[C@]2(C)[C@H](CCC[C@]23CO[C@@](C)(O)O3)[C@@]1(C)CCc1ccoc1. The molecule has 3 fully saturated rings. The molecule has 2 saturated carbocycles. The van der Waals surface area contributed by atoms with Gasteiger partial charge in [-0.1, -0.05) is 27.2 Å². The van der Waals surface area contributed by atoms with E-state index in [4.69, 9.17) is 13.9 Å². The quantitative estimate of drug-likeness (QED) is 0.835. The van der Waals surface area contributed by atoms with Gasteiger partial charge in [-0.15, -0.1) is 0 Å². The van der Waals surface area contributed by atoms with E-state index < -0.39 is 23.1 Å². The fourth-order valence-electron chi connectivity index (χ4n) is 6.55. The van der Waals surface area contributed by atoms with Crippen LogP contribution in [0, 0.1) is 22.7 Å². The van der Waals surface area contributed by atoms with Gasteiger partial charge in [-0.3, -0.25) is 0 Å². The third-order valence-electron chi connectivity index (χ3n) is 8.46. The predicted molar refractivity (Wildman–Crippen MR) is 101 cm³/mol. The molecule has 0 aromatic carbocycles. The van der Waals surface area contributed by atoms with Crippen LogP contribution < -0.4 is 0 Å². The van der Waals surface area contributed by atoms with Crippen LogP contribution in [0.4, 0.5) is 0 Å². The van der Waals surface area contributed by atoms with Crippen LogP contribution in [0.25, 0.3) is 0 Å². The fourth-order valence-corrected chi connectivity index (χ4v) is 6.55. The number of aliphatic hydroxyl groups excluding tert-OH is 1. The van der Waals surface area contributed by atoms with Crippen LogP contribution in [0.5, 0.6) is 0 Å². The molecule has 1 aliphatic heterocycles. The Morgan fingerprint density at radius 1 is 1.26 bits per heavy atom. The van der Waals surface area contributed by atoms with Crippen LogP contribution in [0.3, 0.4) is 0 Å². The lowest BCUT2D eigenvalue weighted by Crippen LogP contribution is -2.68. The number of rotatable bonds is 3. The summed E-state index contributed by atoms with van der Waals surface area (Å²) in [5, 5.41) is 21.7. The zero-order valence-corrected chi connectivity index (χ0v) is 17.0. The Balaban J connectivity index is 1.69. The van der Waals surface area contributed by atoms with Gasteiger partial charge in [-0.25, -0.2) is 0 Å². The van der Waals surface area contributed by atoms with Gasteiger partial charge in [0.05, 0.1) is 25.2 Å². The zero-order valence-electron chi connectivity index (χ0n) is 17.0. The topological polar surface area (TPSA) is 72.1 Å². The summed E-state index contributed by atoms with van der Waals surface area (Å²) in [6.07, 6.45) is 8.80. The van der Waals surface area contributed by atoms with Gasteiger partial charge in [0, 0.05) is 12.3 Å². The molecule has 3 aliphatic rings. The second-order valence-electron chi connectivity index (χ2n) is 9.80. The Morgan fingerprint density at radius 3 is 2.67 bits per heavy atom. The molecule has 2 N–H and O–H groups in total. The van der Waals surface area contributed by atoms with Crippen LogP contribution in [0.15, 0.2) is 23.0 Å². The molecular weight excluding hydrogens is 344 g/mol. The molecule has 5 nitrogen and oxygen atoms in total. The maximum atomic E-state index is 11.3. The number of hydrogen-bond acceptors (Lipinski definition) is 5. The van der Waals surface area contributed by atoms with Crippen molar-refractivity contribution in [3.8, 4) is 0 Å². The van der Waals surface area contributed by atoms with Crippen molar-refractivity contribution in [1.82, 2.24) is 0 Å². The van der Waals surface area contributed by atoms with Gasteiger partial charge in [-0.2, -0.15) is 0 Å². The van der Waals surface area contributed by atoms with E-state index in [0.29, 0.717) is 18.4 Å². The molecule has 1 saturated heterocycles. The van der Waals surface area contributed by atoms with E-state index in [-0.39, 0.29) is 5.41 Å². The lowest BCUT2D eigenvalue weighted by atomic mass is 9.42. The summed E-state index contributed by atoms with van der Waals surface area (Å²) in [6, 6.07) is 2.04. The van der Waals surface area contributed by atoms with Crippen LogP contribution >= 0.6 is 0 Å². The number of furan rings is 1. The summed E-state index contributed by atoms with van der Waals surface area (Å²) in [7, 11) is 0. The van der Waals surface area contributed by atoms with Gasteiger partial charge in [0.2, 0.25) is 0 Å². The molecule has 27 heavy (non-hydrogen) atoms. The van der Waals surface area contributed by atoms with Crippen molar-refractivity contribution in [3.05, 3.63) is 24.2 Å². The van der Waals surface area contributed by atoms with Crippen LogP contribution in [-0.4, -0.2) is 34.5 Å². The molecule has 1 aromatic heterocycles. The molecule has 2 heterocycles. The van der Waals surface area contributed by atoms with Crippen molar-refractivity contribution < 1.29 is 24.1 Å². The highest BCUT2D eigenvalue weighted by Crippen LogP contribution is 2.66. The number of aliphatic hydroxyl groups is 2. The monoisotopic (exact) mass is 378 g/mol. The second kappa shape index (κ2) is 6.31. The first-order chi connectivity index (χ1) is 12.6. The van der Waals surface area contributed by atoms with E-state index >= 15 is 0 Å². The van der Waals surface area contributed by atoms with E-state index in [2.05, 4.69) is 20.8 Å². The van der Waals surface area contributed by atoms with Gasteiger partial charge >= 0.3 is 0 Å². The number of fused-ring (bicyclic) bond motifs is 2. The van der Waals surface area contributed by atoms with Gasteiger partial charge in [0.15, 0.2) is 0 Å².